The van der Waals surface area contributed by atoms with Crippen LogP contribution in [0.1, 0.15) is 0 Å². The van der Waals surface area contributed by atoms with Crippen molar-refractivity contribution in [2.75, 3.05) is 0 Å². The van der Waals surface area contributed by atoms with Crippen LogP contribution in [0.3, 0.4) is 0 Å². The molecule has 0 aliphatic heterocycles. The summed E-state index contributed by atoms with van der Waals surface area (Å²) in [7, 11) is 0. The quantitative estimate of drug-likeness (QED) is 0.515. The van der Waals surface area contributed by atoms with Crippen molar-refractivity contribution in [1.29, 1.82) is 0 Å². The van der Waals surface area contributed by atoms with Crippen molar-refractivity contribution in [3.63, 3.8) is 0 Å². The lowest BCUT2D eigenvalue weighted by Crippen LogP contribution is -1.86. The number of nitrogens with one attached hydrogen (secondary N) is 1. The Morgan fingerprint density at radius 2 is 2.08 bits per heavy atom. The van der Waals surface area contributed by atoms with Crippen molar-refractivity contribution in [3.05, 3.63) is 40.6 Å². The van der Waals surface area contributed by atoms with Crippen LogP contribution in [0.15, 0.2) is 30.5 Å². The summed E-state index contributed by atoms with van der Waals surface area (Å²) < 4.78 is 0. The number of hydrogen-bond acceptors (Lipinski definition) is 2. The van der Waals surface area contributed by atoms with E-state index < -0.39 is 4.92 Å². The second kappa shape index (κ2) is 2.34. The average Bonchev–Trinajstić information content (AvgIpc) is 2.47. The number of H-pyrrole nitrogens is 1. The van der Waals surface area contributed by atoms with Gasteiger partial charge in [-0.15, -0.1) is 0 Å². The number of nitrogens with zero attached hydrogens (tertiary/aromatic N) is 1. The summed E-state index contributed by atoms with van der Waals surface area (Å²) in [6.45, 7) is 0. The zero-order chi connectivity index (χ0) is 8.55. The van der Waals surface area contributed by atoms with Crippen LogP contribution in [0.4, 0.5) is 5.82 Å². The van der Waals surface area contributed by atoms with E-state index in [-0.39, 0.29) is 5.82 Å². The predicted molar refractivity (Wildman–Crippen MR) is 45.0 cm³/mol. The molecule has 0 amide bonds. The third-order valence-corrected chi connectivity index (χ3v) is 1.76. The van der Waals surface area contributed by atoms with E-state index in [0.717, 1.165) is 5.39 Å². The molecule has 0 atom stereocenters. The molecule has 1 aromatic heterocycles. The Bertz CT molecular complexity index is 433. The Kier molecular flexibility index (Phi) is 1.33. The van der Waals surface area contributed by atoms with Crippen LogP contribution in [-0.4, -0.2) is 9.91 Å². The average molecular weight is 162 g/mol. The molecule has 4 nitrogen and oxygen atoms in total. The highest BCUT2D eigenvalue weighted by Crippen LogP contribution is 2.23. The highest BCUT2D eigenvalue weighted by Gasteiger charge is 2.10. The number of nitro groups is 1. The first-order valence-corrected chi connectivity index (χ1v) is 3.49. The Hall–Kier alpha value is -1.84. The molecule has 2 aromatic rings. The van der Waals surface area contributed by atoms with E-state index in [9.17, 15) is 10.1 Å². The molecule has 12 heavy (non-hydrogen) atoms. The molecule has 0 radical (unpaired) electrons. The summed E-state index contributed by atoms with van der Waals surface area (Å²) in [5, 5.41) is 12.0. The second-order valence-electron chi connectivity index (χ2n) is 2.48. The molecule has 0 bridgehead atoms. The van der Waals surface area contributed by atoms with Gasteiger partial charge >= 0.3 is 5.82 Å². The standard InChI is InChI=1S/C8H6N2O2/c11-10(12)8-7-4-2-1-3-6(7)5-9-8/h1-5,9H. The van der Waals surface area contributed by atoms with Crippen molar-refractivity contribution in [2.24, 2.45) is 0 Å². The van der Waals surface area contributed by atoms with E-state index >= 15 is 0 Å². The van der Waals surface area contributed by atoms with E-state index in [0.29, 0.717) is 5.39 Å². The van der Waals surface area contributed by atoms with Crippen molar-refractivity contribution in [3.8, 4) is 0 Å². The van der Waals surface area contributed by atoms with Crippen LogP contribution in [0.5, 0.6) is 0 Å². The maximum atomic E-state index is 10.5. The molecule has 2 rings (SSSR count). The summed E-state index contributed by atoms with van der Waals surface area (Å²) in [6, 6.07) is 7.19. The first-order chi connectivity index (χ1) is 5.79. The molecule has 0 spiro atoms. The minimum absolute atomic E-state index is 0.0607. The number of fused-ring (bicyclic) bond motifs is 1. The van der Waals surface area contributed by atoms with Gasteiger partial charge in [-0.05, 0) is 11.0 Å². The van der Waals surface area contributed by atoms with Crippen LogP contribution in [0, 0.1) is 10.1 Å². The predicted octanol–water partition coefficient (Wildman–Crippen LogP) is 2.08. The lowest BCUT2D eigenvalue weighted by atomic mass is 10.2. The van der Waals surface area contributed by atoms with Crippen molar-refractivity contribution in [1.82, 2.24) is 4.98 Å². The third kappa shape index (κ3) is 0.852. The van der Waals surface area contributed by atoms with Crippen molar-refractivity contribution < 1.29 is 4.92 Å². The lowest BCUT2D eigenvalue weighted by molar-refractivity contribution is -0.387. The molecule has 60 valence electrons. The highest BCUT2D eigenvalue weighted by atomic mass is 16.6. The maximum Gasteiger partial charge on any atom is 0.328 e. The molecule has 0 fully saturated rings. The van der Waals surface area contributed by atoms with E-state index in [1.807, 2.05) is 12.1 Å². The molecular formula is C8H6N2O2. The Balaban J connectivity index is 2.79. The molecule has 0 aliphatic carbocycles. The van der Waals surface area contributed by atoms with Gasteiger partial charge < -0.3 is 10.1 Å². The number of hydrogen-bond donors (Lipinski definition) is 1. The van der Waals surface area contributed by atoms with E-state index in [1.165, 1.54) is 0 Å². The Morgan fingerprint density at radius 3 is 2.83 bits per heavy atom. The van der Waals surface area contributed by atoms with Gasteiger partial charge in [-0.1, -0.05) is 18.2 Å². The maximum absolute atomic E-state index is 10.5. The smallest absolute Gasteiger partial charge is 0.328 e. The second-order valence-corrected chi connectivity index (χ2v) is 2.48. The largest absolute Gasteiger partial charge is 0.358 e. The van der Waals surface area contributed by atoms with Gasteiger partial charge in [0, 0.05) is 5.39 Å². The van der Waals surface area contributed by atoms with Gasteiger partial charge in [-0.25, -0.2) is 4.98 Å². The summed E-state index contributed by atoms with van der Waals surface area (Å²) in [4.78, 5) is 12.7. The fourth-order valence-electron chi connectivity index (χ4n) is 1.21. The SMILES string of the molecule is O=[N+]([O-])c1[nH]cc2ccccc12. The zero-order valence-electron chi connectivity index (χ0n) is 6.15. The number of aromatic amines is 1. The third-order valence-electron chi connectivity index (χ3n) is 1.76. The minimum Gasteiger partial charge on any atom is -0.358 e. The molecule has 0 unspecified atom stereocenters. The van der Waals surface area contributed by atoms with E-state index in [2.05, 4.69) is 4.98 Å². The monoisotopic (exact) mass is 162 g/mol. The van der Waals surface area contributed by atoms with E-state index in [1.54, 1.807) is 18.3 Å². The molecule has 0 aliphatic rings. The van der Waals surface area contributed by atoms with Crippen LogP contribution in [0.25, 0.3) is 10.8 Å². The minimum atomic E-state index is -0.414. The molecule has 1 aromatic carbocycles. The molecule has 0 saturated carbocycles. The first-order valence-electron chi connectivity index (χ1n) is 3.49. The highest BCUT2D eigenvalue weighted by molar-refractivity contribution is 5.89. The van der Waals surface area contributed by atoms with Gasteiger partial charge in [-0.2, -0.15) is 0 Å². The molecule has 4 heteroatoms. The van der Waals surface area contributed by atoms with Crippen LogP contribution >= 0.6 is 0 Å². The molecule has 1 heterocycles. The topological polar surface area (TPSA) is 58.9 Å². The number of benzene rings is 1. The number of rotatable bonds is 1. The zero-order valence-corrected chi connectivity index (χ0v) is 6.15. The Labute approximate surface area is 68.0 Å². The summed E-state index contributed by atoms with van der Waals surface area (Å²) in [6.07, 6.45) is 1.63. The summed E-state index contributed by atoms with van der Waals surface area (Å²) in [5.74, 6) is 0.0607. The molecule has 0 saturated heterocycles. The lowest BCUT2D eigenvalue weighted by Gasteiger charge is -1.90. The summed E-state index contributed by atoms with van der Waals surface area (Å²) >= 11 is 0. The molecular weight excluding hydrogens is 156 g/mol. The van der Waals surface area contributed by atoms with Crippen molar-refractivity contribution in [2.45, 2.75) is 0 Å². The van der Waals surface area contributed by atoms with Crippen LogP contribution in [-0.2, 0) is 0 Å². The fourth-order valence-corrected chi connectivity index (χ4v) is 1.21. The van der Waals surface area contributed by atoms with Crippen molar-refractivity contribution >= 4 is 16.6 Å². The van der Waals surface area contributed by atoms with Gasteiger partial charge in [-0.3, -0.25) is 0 Å². The van der Waals surface area contributed by atoms with Gasteiger partial charge in [0.15, 0.2) is 0 Å². The normalized spacial score (nSPS) is 10.3. The van der Waals surface area contributed by atoms with Crippen LogP contribution < -0.4 is 0 Å². The summed E-state index contributed by atoms with van der Waals surface area (Å²) in [5.41, 5.74) is 0. The Morgan fingerprint density at radius 1 is 1.33 bits per heavy atom. The number of aromatic nitrogens is 1. The fraction of sp³-hybridized carbons (Fsp3) is 0. The van der Waals surface area contributed by atoms with Gasteiger partial charge in [0.2, 0.25) is 0 Å². The first kappa shape index (κ1) is 6.84. The van der Waals surface area contributed by atoms with Gasteiger partial charge in [0.1, 0.15) is 0 Å². The van der Waals surface area contributed by atoms with Gasteiger partial charge in [0.05, 0.1) is 11.6 Å². The van der Waals surface area contributed by atoms with Gasteiger partial charge in [0.25, 0.3) is 0 Å². The molecule has 1 N–H and O–H groups in total. The van der Waals surface area contributed by atoms with Crippen LogP contribution in [0.2, 0.25) is 0 Å². The van der Waals surface area contributed by atoms with E-state index in [4.69, 9.17) is 0 Å².